The van der Waals surface area contributed by atoms with Gasteiger partial charge in [0.1, 0.15) is 0 Å². The van der Waals surface area contributed by atoms with Gasteiger partial charge in [0.25, 0.3) is 10.2 Å². The number of hydrogen-bond donors (Lipinski definition) is 1. The molecular weight excluding hydrogens is 306 g/mol. The van der Waals surface area contributed by atoms with Crippen molar-refractivity contribution >= 4 is 21.5 Å². The van der Waals surface area contributed by atoms with E-state index in [1.54, 1.807) is 11.4 Å². The second-order valence-corrected chi connectivity index (χ2v) is 8.00. The Kier molecular flexibility index (Phi) is 5.79. The molecule has 0 unspecified atom stereocenters. The highest BCUT2D eigenvalue weighted by Crippen LogP contribution is 2.19. The number of rotatable bonds is 4. The summed E-state index contributed by atoms with van der Waals surface area (Å²) in [4.78, 5) is 0.916. The van der Waals surface area contributed by atoms with Crippen molar-refractivity contribution in [3.8, 4) is 11.8 Å². The molecule has 2 N–H and O–H groups in total. The first-order valence-corrected chi connectivity index (χ1v) is 9.29. The van der Waals surface area contributed by atoms with Crippen LogP contribution < -0.4 is 5.73 Å². The zero-order valence-corrected chi connectivity index (χ0v) is 13.8. The Balaban J connectivity index is 2.02. The standard InChI is InChI=1S/C14H21N3O2S2/c1-16(21(18,19)17-8-3-2-4-9-17)11-13-10-14(20-12-13)6-5-7-15/h10,12H,2-4,7-9,11,15H2,1H3. The molecule has 1 aliphatic rings. The van der Waals surface area contributed by atoms with Crippen molar-refractivity contribution in [1.29, 1.82) is 0 Å². The van der Waals surface area contributed by atoms with Gasteiger partial charge in [0.15, 0.2) is 0 Å². The second-order valence-electron chi connectivity index (χ2n) is 5.05. The number of piperidine rings is 1. The lowest BCUT2D eigenvalue weighted by Crippen LogP contribution is -2.43. The first kappa shape index (κ1) is 16.5. The maximum Gasteiger partial charge on any atom is 0.282 e. The summed E-state index contributed by atoms with van der Waals surface area (Å²) in [5.41, 5.74) is 6.30. The Bertz CT molecular complexity index is 622. The zero-order chi connectivity index (χ0) is 15.3. The summed E-state index contributed by atoms with van der Waals surface area (Å²) in [7, 11) is -1.72. The lowest BCUT2D eigenvalue weighted by Gasteiger charge is -2.30. The molecule has 2 heterocycles. The largest absolute Gasteiger partial charge is 0.320 e. The number of nitrogens with two attached hydrogens (primary N) is 1. The lowest BCUT2D eigenvalue weighted by molar-refractivity contribution is 0.314. The van der Waals surface area contributed by atoms with Crippen molar-refractivity contribution in [3.05, 3.63) is 21.9 Å². The average Bonchev–Trinajstić information content (AvgIpc) is 2.93. The molecule has 1 aromatic heterocycles. The van der Waals surface area contributed by atoms with Gasteiger partial charge < -0.3 is 5.73 Å². The van der Waals surface area contributed by atoms with Crippen molar-refractivity contribution in [2.24, 2.45) is 5.73 Å². The monoisotopic (exact) mass is 327 g/mol. The molecule has 0 aliphatic carbocycles. The lowest BCUT2D eigenvalue weighted by atomic mass is 10.2. The van der Waals surface area contributed by atoms with Gasteiger partial charge in [0, 0.05) is 26.7 Å². The molecule has 0 atom stereocenters. The van der Waals surface area contributed by atoms with Gasteiger partial charge >= 0.3 is 0 Å². The smallest absolute Gasteiger partial charge is 0.282 e. The molecule has 1 aliphatic heterocycles. The molecule has 116 valence electrons. The van der Waals surface area contributed by atoms with Gasteiger partial charge in [-0.15, -0.1) is 11.3 Å². The quantitative estimate of drug-likeness (QED) is 0.846. The molecule has 2 rings (SSSR count). The molecule has 0 saturated carbocycles. The fourth-order valence-corrected chi connectivity index (χ4v) is 4.49. The van der Waals surface area contributed by atoms with E-state index in [0.717, 1.165) is 29.7 Å². The first-order chi connectivity index (χ1) is 10.0. The highest BCUT2D eigenvalue weighted by Gasteiger charge is 2.28. The Hall–Kier alpha value is -0.910. The van der Waals surface area contributed by atoms with E-state index in [9.17, 15) is 8.42 Å². The van der Waals surface area contributed by atoms with Gasteiger partial charge in [-0.05, 0) is 29.9 Å². The van der Waals surface area contributed by atoms with Crippen LogP contribution in [0.4, 0.5) is 0 Å². The molecular formula is C14H21N3O2S2. The van der Waals surface area contributed by atoms with Crippen LogP contribution >= 0.6 is 11.3 Å². The Morgan fingerprint density at radius 2 is 2.10 bits per heavy atom. The SMILES string of the molecule is CN(Cc1csc(C#CCN)c1)S(=O)(=O)N1CCCCC1. The number of thiophene rings is 1. The van der Waals surface area contributed by atoms with E-state index >= 15 is 0 Å². The predicted molar refractivity (Wildman–Crippen MR) is 86.1 cm³/mol. The molecule has 5 nitrogen and oxygen atoms in total. The maximum absolute atomic E-state index is 12.5. The predicted octanol–water partition coefficient (Wildman–Crippen LogP) is 1.22. The van der Waals surface area contributed by atoms with Crippen LogP contribution in [0.3, 0.4) is 0 Å². The van der Waals surface area contributed by atoms with Gasteiger partial charge in [-0.3, -0.25) is 0 Å². The normalized spacial score (nSPS) is 16.7. The summed E-state index contributed by atoms with van der Waals surface area (Å²) in [6.45, 7) is 1.96. The third kappa shape index (κ3) is 4.28. The molecule has 0 aromatic carbocycles. The van der Waals surface area contributed by atoms with Crippen LogP contribution in [-0.2, 0) is 16.8 Å². The summed E-state index contributed by atoms with van der Waals surface area (Å²) >= 11 is 1.51. The minimum absolute atomic E-state index is 0.330. The fraction of sp³-hybridized carbons (Fsp3) is 0.571. The van der Waals surface area contributed by atoms with Crippen LogP contribution in [0.25, 0.3) is 0 Å². The van der Waals surface area contributed by atoms with Gasteiger partial charge in [-0.25, -0.2) is 0 Å². The zero-order valence-electron chi connectivity index (χ0n) is 12.2. The van der Waals surface area contributed by atoms with E-state index in [1.165, 1.54) is 15.6 Å². The van der Waals surface area contributed by atoms with E-state index in [0.29, 0.717) is 26.2 Å². The van der Waals surface area contributed by atoms with Crippen LogP contribution in [0.1, 0.15) is 29.7 Å². The highest BCUT2D eigenvalue weighted by molar-refractivity contribution is 7.86. The van der Waals surface area contributed by atoms with Crippen LogP contribution in [0, 0.1) is 11.8 Å². The van der Waals surface area contributed by atoms with E-state index in [-0.39, 0.29) is 0 Å². The molecule has 1 aromatic rings. The van der Waals surface area contributed by atoms with E-state index in [2.05, 4.69) is 11.8 Å². The second kappa shape index (κ2) is 7.38. The Morgan fingerprint density at radius 1 is 1.38 bits per heavy atom. The van der Waals surface area contributed by atoms with Crippen LogP contribution in [-0.4, -0.2) is 43.7 Å². The minimum atomic E-state index is -3.35. The molecule has 0 amide bonds. The van der Waals surface area contributed by atoms with Crippen LogP contribution in [0.15, 0.2) is 11.4 Å². The molecule has 7 heteroatoms. The molecule has 1 saturated heterocycles. The van der Waals surface area contributed by atoms with Crippen LogP contribution in [0.2, 0.25) is 0 Å². The topological polar surface area (TPSA) is 66.6 Å². The Morgan fingerprint density at radius 3 is 2.76 bits per heavy atom. The summed E-state index contributed by atoms with van der Waals surface area (Å²) in [6, 6.07) is 1.93. The number of nitrogens with zero attached hydrogens (tertiary/aromatic N) is 2. The van der Waals surface area contributed by atoms with E-state index in [4.69, 9.17) is 5.73 Å². The van der Waals surface area contributed by atoms with Gasteiger partial charge in [-0.1, -0.05) is 18.3 Å². The first-order valence-electron chi connectivity index (χ1n) is 7.02. The number of hydrogen-bond acceptors (Lipinski definition) is 4. The molecule has 1 fully saturated rings. The summed E-state index contributed by atoms with van der Waals surface area (Å²) in [5.74, 6) is 5.77. The molecule has 21 heavy (non-hydrogen) atoms. The average molecular weight is 327 g/mol. The molecule has 0 radical (unpaired) electrons. The summed E-state index contributed by atoms with van der Waals surface area (Å²) in [6.07, 6.45) is 3.01. The van der Waals surface area contributed by atoms with Gasteiger partial charge in [0.2, 0.25) is 0 Å². The summed E-state index contributed by atoms with van der Waals surface area (Å²) in [5, 5.41) is 1.95. The fourth-order valence-electron chi connectivity index (χ4n) is 2.29. The Labute approximate surface area is 130 Å². The molecule has 0 bridgehead atoms. The minimum Gasteiger partial charge on any atom is -0.320 e. The van der Waals surface area contributed by atoms with Gasteiger partial charge in [-0.2, -0.15) is 17.0 Å². The third-order valence-corrected chi connectivity index (χ3v) is 6.24. The molecule has 0 spiro atoms. The van der Waals surface area contributed by atoms with Crippen molar-refractivity contribution < 1.29 is 8.42 Å². The van der Waals surface area contributed by atoms with Gasteiger partial charge in [0.05, 0.1) is 11.4 Å². The van der Waals surface area contributed by atoms with E-state index < -0.39 is 10.2 Å². The maximum atomic E-state index is 12.5. The third-order valence-electron chi connectivity index (χ3n) is 3.41. The van der Waals surface area contributed by atoms with Crippen molar-refractivity contribution in [2.45, 2.75) is 25.8 Å². The van der Waals surface area contributed by atoms with E-state index in [1.807, 2.05) is 11.4 Å². The van der Waals surface area contributed by atoms with Crippen molar-refractivity contribution in [1.82, 2.24) is 8.61 Å². The van der Waals surface area contributed by atoms with Crippen molar-refractivity contribution in [2.75, 3.05) is 26.7 Å². The highest BCUT2D eigenvalue weighted by atomic mass is 32.2. The van der Waals surface area contributed by atoms with Crippen molar-refractivity contribution in [3.63, 3.8) is 0 Å². The summed E-state index contributed by atoms with van der Waals surface area (Å²) < 4.78 is 28.0. The van der Waals surface area contributed by atoms with Crippen LogP contribution in [0.5, 0.6) is 0 Å².